The van der Waals surface area contributed by atoms with Crippen molar-refractivity contribution < 1.29 is 9.21 Å². The largest absolute Gasteiger partial charge is 0.438 e. The van der Waals surface area contributed by atoms with Gasteiger partial charge < -0.3 is 9.73 Å². The number of benzene rings is 1. The Kier molecular flexibility index (Phi) is 4.00. The zero-order valence-electron chi connectivity index (χ0n) is 11.4. The molecule has 0 aliphatic rings. The molecule has 0 fully saturated rings. The van der Waals surface area contributed by atoms with Gasteiger partial charge in [-0.25, -0.2) is 4.98 Å². The van der Waals surface area contributed by atoms with Crippen molar-refractivity contribution in [2.75, 3.05) is 0 Å². The molecule has 1 heterocycles. The Labute approximate surface area is 112 Å². The number of hydrogen-bond acceptors (Lipinski definition) is 3. The molecule has 0 saturated heterocycles. The fraction of sp³-hybridized carbons (Fsp3) is 0.333. The lowest BCUT2D eigenvalue weighted by atomic mass is 10.1. The van der Waals surface area contributed by atoms with Crippen molar-refractivity contribution in [3.8, 4) is 0 Å². The first-order valence-corrected chi connectivity index (χ1v) is 6.38. The summed E-state index contributed by atoms with van der Waals surface area (Å²) in [5, 5.41) is 2.92. The summed E-state index contributed by atoms with van der Waals surface area (Å²) < 4.78 is 5.20. The summed E-state index contributed by atoms with van der Waals surface area (Å²) in [5.74, 6) is 0.238. The van der Waals surface area contributed by atoms with Crippen LogP contribution in [0.3, 0.4) is 0 Å². The van der Waals surface area contributed by atoms with Gasteiger partial charge in [-0.15, -0.1) is 0 Å². The maximum Gasteiger partial charge on any atom is 0.289 e. The van der Waals surface area contributed by atoms with Crippen LogP contribution in [-0.2, 0) is 0 Å². The fourth-order valence-electron chi connectivity index (χ4n) is 1.92. The van der Waals surface area contributed by atoms with E-state index >= 15 is 0 Å². The van der Waals surface area contributed by atoms with Crippen LogP contribution in [0.1, 0.15) is 54.5 Å². The molecule has 4 nitrogen and oxygen atoms in total. The third kappa shape index (κ3) is 3.02. The molecule has 0 spiro atoms. The van der Waals surface area contributed by atoms with Crippen molar-refractivity contribution >= 4 is 5.91 Å². The molecule has 1 unspecified atom stereocenters. The topological polar surface area (TPSA) is 55.1 Å². The van der Waals surface area contributed by atoms with E-state index in [1.807, 2.05) is 51.1 Å². The van der Waals surface area contributed by atoms with E-state index < -0.39 is 0 Å². The Balaban J connectivity index is 2.11. The van der Waals surface area contributed by atoms with Gasteiger partial charge in [0.1, 0.15) is 0 Å². The SMILES string of the molecule is CC(C)c1ncoc1C(=O)NC(C)c1ccccc1. The van der Waals surface area contributed by atoms with Crippen LogP contribution in [0.2, 0.25) is 0 Å². The second-order valence-corrected chi connectivity index (χ2v) is 4.83. The van der Waals surface area contributed by atoms with Crippen LogP contribution in [-0.4, -0.2) is 10.9 Å². The lowest BCUT2D eigenvalue weighted by Crippen LogP contribution is -2.27. The molecule has 1 atom stereocenters. The molecule has 1 N–H and O–H groups in total. The first-order chi connectivity index (χ1) is 9.09. The third-order valence-corrected chi connectivity index (χ3v) is 3.00. The van der Waals surface area contributed by atoms with Crippen LogP contribution in [0.5, 0.6) is 0 Å². The Bertz CT molecular complexity index is 546. The molecule has 1 aromatic heterocycles. The van der Waals surface area contributed by atoms with Crippen LogP contribution in [0, 0.1) is 0 Å². The molecule has 0 aliphatic carbocycles. The number of amides is 1. The van der Waals surface area contributed by atoms with Crippen LogP contribution in [0.15, 0.2) is 41.1 Å². The first-order valence-electron chi connectivity index (χ1n) is 6.38. The zero-order chi connectivity index (χ0) is 13.8. The van der Waals surface area contributed by atoms with Crippen LogP contribution >= 0.6 is 0 Å². The molecule has 1 aromatic carbocycles. The van der Waals surface area contributed by atoms with Gasteiger partial charge in [0.2, 0.25) is 5.76 Å². The molecule has 0 aliphatic heterocycles. The van der Waals surface area contributed by atoms with Gasteiger partial charge in [0.15, 0.2) is 6.39 Å². The summed E-state index contributed by atoms with van der Waals surface area (Å²) in [6.45, 7) is 5.91. The van der Waals surface area contributed by atoms with Gasteiger partial charge in [-0.2, -0.15) is 0 Å². The molecule has 0 saturated carbocycles. The highest BCUT2D eigenvalue weighted by Gasteiger charge is 2.20. The maximum absolute atomic E-state index is 12.2. The van der Waals surface area contributed by atoms with Gasteiger partial charge in [0.05, 0.1) is 11.7 Å². The van der Waals surface area contributed by atoms with Gasteiger partial charge in [-0.3, -0.25) is 4.79 Å². The van der Waals surface area contributed by atoms with Crippen LogP contribution < -0.4 is 5.32 Å². The average molecular weight is 258 g/mol. The molecule has 4 heteroatoms. The normalized spacial score (nSPS) is 12.4. The molecular formula is C15H18N2O2. The van der Waals surface area contributed by atoms with Crippen molar-refractivity contribution in [2.24, 2.45) is 0 Å². The zero-order valence-corrected chi connectivity index (χ0v) is 11.4. The second kappa shape index (κ2) is 5.69. The van der Waals surface area contributed by atoms with Gasteiger partial charge in [-0.1, -0.05) is 44.2 Å². The standard InChI is InChI=1S/C15H18N2O2/c1-10(2)13-14(19-9-16-13)15(18)17-11(3)12-7-5-4-6-8-12/h4-11H,1-3H3,(H,17,18). The fourth-order valence-corrected chi connectivity index (χ4v) is 1.92. The Morgan fingerprint density at radius 2 is 1.89 bits per heavy atom. The predicted molar refractivity (Wildman–Crippen MR) is 72.9 cm³/mol. The van der Waals surface area contributed by atoms with E-state index in [0.29, 0.717) is 11.5 Å². The monoisotopic (exact) mass is 258 g/mol. The van der Waals surface area contributed by atoms with Crippen molar-refractivity contribution in [1.29, 1.82) is 0 Å². The van der Waals surface area contributed by atoms with E-state index in [9.17, 15) is 4.79 Å². The molecular weight excluding hydrogens is 240 g/mol. The molecule has 100 valence electrons. The van der Waals surface area contributed by atoms with Crippen molar-refractivity contribution in [3.63, 3.8) is 0 Å². The Morgan fingerprint density at radius 3 is 2.53 bits per heavy atom. The quantitative estimate of drug-likeness (QED) is 0.915. The van der Waals surface area contributed by atoms with Crippen LogP contribution in [0.25, 0.3) is 0 Å². The predicted octanol–water partition coefficient (Wildman–Crippen LogP) is 3.29. The third-order valence-electron chi connectivity index (χ3n) is 3.00. The Hall–Kier alpha value is -2.10. The lowest BCUT2D eigenvalue weighted by molar-refractivity contribution is 0.0910. The van der Waals surface area contributed by atoms with E-state index in [4.69, 9.17) is 4.42 Å². The van der Waals surface area contributed by atoms with E-state index in [-0.39, 0.29) is 17.9 Å². The van der Waals surface area contributed by atoms with Gasteiger partial charge in [-0.05, 0) is 18.4 Å². The molecule has 1 amide bonds. The first kappa shape index (κ1) is 13.3. The lowest BCUT2D eigenvalue weighted by Gasteiger charge is -2.13. The molecule has 19 heavy (non-hydrogen) atoms. The molecule has 0 bridgehead atoms. The van der Waals surface area contributed by atoms with Crippen LogP contribution in [0.4, 0.5) is 0 Å². The number of aromatic nitrogens is 1. The smallest absolute Gasteiger partial charge is 0.289 e. The summed E-state index contributed by atoms with van der Waals surface area (Å²) in [6.07, 6.45) is 1.32. The van der Waals surface area contributed by atoms with Gasteiger partial charge in [0, 0.05) is 0 Å². The minimum atomic E-state index is -0.224. The highest BCUT2D eigenvalue weighted by molar-refractivity contribution is 5.92. The van der Waals surface area contributed by atoms with Gasteiger partial charge in [0.25, 0.3) is 5.91 Å². The number of nitrogens with zero attached hydrogens (tertiary/aromatic N) is 1. The maximum atomic E-state index is 12.2. The summed E-state index contributed by atoms with van der Waals surface area (Å²) in [6, 6.07) is 9.74. The molecule has 2 aromatic rings. The van der Waals surface area contributed by atoms with E-state index in [0.717, 1.165) is 5.56 Å². The van der Waals surface area contributed by atoms with Crippen molar-refractivity contribution in [1.82, 2.24) is 10.3 Å². The number of carbonyl (C=O) groups excluding carboxylic acids is 1. The van der Waals surface area contributed by atoms with Gasteiger partial charge >= 0.3 is 0 Å². The summed E-state index contributed by atoms with van der Waals surface area (Å²) in [5.41, 5.74) is 1.75. The summed E-state index contributed by atoms with van der Waals surface area (Å²) >= 11 is 0. The molecule has 0 radical (unpaired) electrons. The number of nitrogens with one attached hydrogen (secondary N) is 1. The number of carbonyl (C=O) groups is 1. The average Bonchev–Trinajstić information content (AvgIpc) is 2.89. The highest BCUT2D eigenvalue weighted by Crippen LogP contribution is 2.19. The minimum Gasteiger partial charge on any atom is -0.438 e. The second-order valence-electron chi connectivity index (χ2n) is 4.83. The van der Waals surface area contributed by atoms with Crippen molar-refractivity contribution in [2.45, 2.75) is 32.7 Å². The number of oxazole rings is 1. The summed E-state index contributed by atoms with van der Waals surface area (Å²) in [4.78, 5) is 16.3. The van der Waals surface area contributed by atoms with Crippen molar-refractivity contribution in [3.05, 3.63) is 53.7 Å². The number of hydrogen-bond donors (Lipinski definition) is 1. The summed E-state index contributed by atoms with van der Waals surface area (Å²) in [7, 11) is 0. The van der Waals surface area contributed by atoms with E-state index in [2.05, 4.69) is 10.3 Å². The minimum absolute atomic E-state index is 0.0705. The Morgan fingerprint density at radius 1 is 1.21 bits per heavy atom. The van der Waals surface area contributed by atoms with E-state index in [1.165, 1.54) is 6.39 Å². The highest BCUT2D eigenvalue weighted by atomic mass is 16.3. The number of rotatable bonds is 4. The van der Waals surface area contributed by atoms with E-state index in [1.54, 1.807) is 0 Å². The molecule has 2 rings (SSSR count).